The number of amides is 4. The number of fused-ring (bicyclic) bond motifs is 2. The molecule has 3 aliphatic heterocycles. The van der Waals surface area contributed by atoms with Crippen molar-refractivity contribution in [2.75, 3.05) is 31.2 Å². The first-order valence-corrected chi connectivity index (χ1v) is 21.6. The average molecular weight is 851 g/mol. The molecule has 12 N–H and O–H groups in total. The topological polar surface area (TPSA) is 378 Å². The van der Waals surface area contributed by atoms with E-state index in [9.17, 15) is 47.8 Å². The van der Waals surface area contributed by atoms with E-state index in [-0.39, 0.29) is 65.9 Å². The molecule has 0 saturated carbocycles. The number of imidazole rings is 1. The number of hydrogen-bond acceptors (Lipinski definition) is 16. The number of aliphatic hydroxyl groups excluding tert-OH is 1. The van der Waals surface area contributed by atoms with Crippen LogP contribution < -0.4 is 37.1 Å². The summed E-state index contributed by atoms with van der Waals surface area (Å²) in [5, 5.41) is 22.3. The van der Waals surface area contributed by atoms with Crippen molar-refractivity contribution in [3.05, 3.63) is 16.7 Å². The lowest BCUT2D eigenvalue weighted by molar-refractivity contribution is -0.745. The van der Waals surface area contributed by atoms with Gasteiger partial charge in [0.25, 0.3) is 11.5 Å². The lowest BCUT2D eigenvalue weighted by atomic mass is 10.0. The third kappa shape index (κ3) is 10.8. The van der Waals surface area contributed by atoms with Crippen LogP contribution in [0.5, 0.6) is 0 Å². The number of phosphoric acid groups is 3. The van der Waals surface area contributed by atoms with Crippen LogP contribution in [-0.4, -0.2) is 118 Å². The normalized spacial score (nSPS) is 27.4. The Balaban J connectivity index is 1.16. The van der Waals surface area contributed by atoms with E-state index in [2.05, 4.69) is 44.4 Å². The second-order valence-electron chi connectivity index (χ2n) is 12.2. The molecule has 26 nitrogen and oxygen atoms in total. The van der Waals surface area contributed by atoms with Gasteiger partial charge in [0.15, 0.2) is 18.5 Å². The lowest BCUT2D eigenvalue weighted by Gasteiger charge is -2.22. The number of H-pyrrole nitrogens is 1. The summed E-state index contributed by atoms with van der Waals surface area (Å²) in [7, 11) is -15.8. The second kappa shape index (κ2) is 16.9. The molecule has 5 rings (SSSR count). The Kier molecular flexibility index (Phi) is 13.2. The van der Waals surface area contributed by atoms with Crippen molar-refractivity contribution in [2.45, 2.75) is 67.6 Å². The van der Waals surface area contributed by atoms with Crippen molar-refractivity contribution in [3.8, 4) is 0 Å². The van der Waals surface area contributed by atoms with Crippen LogP contribution in [0.4, 0.5) is 15.5 Å². The highest BCUT2D eigenvalue weighted by atomic mass is 32.2. The second-order valence-corrected chi connectivity index (χ2v) is 17.9. The number of nitrogen functional groups attached to an aromatic ring is 1. The molecule has 3 fully saturated rings. The van der Waals surface area contributed by atoms with Gasteiger partial charge in [0.2, 0.25) is 17.7 Å². The molecule has 2 aromatic rings. The van der Waals surface area contributed by atoms with E-state index in [0.29, 0.717) is 6.42 Å². The first kappa shape index (κ1) is 42.0. The van der Waals surface area contributed by atoms with Gasteiger partial charge in [-0.3, -0.25) is 23.7 Å². The van der Waals surface area contributed by atoms with E-state index in [4.69, 9.17) is 25.0 Å². The highest BCUT2D eigenvalue weighted by Crippen LogP contribution is 2.66. The van der Waals surface area contributed by atoms with Crippen LogP contribution >= 0.6 is 35.2 Å². The Morgan fingerprint density at radius 1 is 1.11 bits per heavy atom. The number of aromatic nitrogens is 4. The number of anilines is 1. The van der Waals surface area contributed by atoms with Crippen LogP contribution in [0.15, 0.2) is 11.1 Å². The molecule has 3 aliphatic rings. The predicted molar refractivity (Wildman–Crippen MR) is 181 cm³/mol. The SMILES string of the molecule is Cn1c[n+]([C@@H]2O[C@H](COP(=O)(O)OP(=O)(O)OP(=O)(O)O)[C@@H](OC(=O)NCCNC(=O)CCCC[C@@H]3SC[C@@H]4NC(=O)N[C@@H]43)[C@H]2O)c2nc(N)[nH]c(=O)c21. The van der Waals surface area contributed by atoms with Gasteiger partial charge in [-0.1, -0.05) is 11.4 Å². The fourth-order valence-electron chi connectivity index (χ4n) is 6.05. The Labute approximate surface area is 308 Å². The number of thioether (sulfide) groups is 1. The van der Waals surface area contributed by atoms with Gasteiger partial charge < -0.3 is 61.2 Å². The summed E-state index contributed by atoms with van der Waals surface area (Å²) in [5.41, 5.74) is 4.91. The Hall–Kier alpha value is -3.16. The van der Waals surface area contributed by atoms with Gasteiger partial charge in [-0.15, -0.1) is 0 Å². The largest absolute Gasteiger partial charge is 0.490 e. The fraction of sp³-hybridized carbons (Fsp3) is 0.667. The molecule has 4 amide bonds. The molecule has 0 spiro atoms. The van der Waals surface area contributed by atoms with Gasteiger partial charge in [-0.25, -0.2) is 27.9 Å². The van der Waals surface area contributed by atoms with E-state index < -0.39 is 66.3 Å². The molecule has 5 heterocycles. The number of unbranched alkanes of at least 4 members (excludes halogenated alkanes) is 1. The minimum atomic E-state index is -5.87. The summed E-state index contributed by atoms with van der Waals surface area (Å²) in [6, 6.07) is 0.0131. The molecule has 0 radical (unpaired) electrons. The molecule has 2 aromatic heterocycles. The molecular weight excluding hydrogens is 811 g/mol. The number of ether oxygens (including phenoxy) is 2. The maximum Gasteiger partial charge on any atom is 0.490 e. The van der Waals surface area contributed by atoms with Crippen LogP contribution in [0.25, 0.3) is 11.2 Å². The molecule has 0 aliphatic carbocycles. The zero-order chi connectivity index (χ0) is 39.6. The molecule has 54 heavy (non-hydrogen) atoms. The van der Waals surface area contributed by atoms with Gasteiger partial charge in [-0.05, 0) is 12.8 Å². The van der Waals surface area contributed by atoms with Crippen LogP contribution in [-0.2, 0) is 48.2 Å². The molecule has 2 unspecified atom stereocenters. The monoisotopic (exact) mass is 850 g/mol. The number of nitrogens with zero attached hydrogens (tertiary/aromatic N) is 3. The lowest BCUT2D eigenvalue weighted by Crippen LogP contribution is -2.47. The molecule has 9 atom stereocenters. The average Bonchev–Trinajstić information content (AvgIpc) is 3.77. The van der Waals surface area contributed by atoms with E-state index in [1.165, 1.54) is 17.9 Å². The van der Waals surface area contributed by atoms with Crippen LogP contribution in [0.2, 0.25) is 0 Å². The van der Waals surface area contributed by atoms with Crippen LogP contribution in [0.3, 0.4) is 0 Å². The molecule has 302 valence electrons. The summed E-state index contributed by atoms with van der Waals surface area (Å²) in [6.07, 6.45) is -4.17. The van der Waals surface area contributed by atoms with E-state index in [1.807, 2.05) is 0 Å². The summed E-state index contributed by atoms with van der Waals surface area (Å²) < 4.78 is 60.7. The van der Waals surface area contributed by atoms with Crippen molar-refractivity contribution >= 4 is 70.4 Å². The fourth-order valence-corrected chi connectivity index (χ4v) is 10.6. The smallest absolute Gasteiger partial charge is 0.440 e. The van der Waals surface area contributed by atoms with Gasteiger partial charge in [-0.2, -0.15) is 20.4 Å². The Morgan fingerprint density at radius 2 is 1.83 bits per heavy atom. The summed E-state index contributed by atoms with van der Waals surface area (Å²) in [5.74, 6) is 0.257. The number of phosphoric ester groups is 1. The zero-order valence-corrected chi connectivity index (χ0v) is 31.6. The van der Waals surface area contributed by atoms with Gasteiger partial charge in [0.05, 0.1) is 25.7 Å². The number of hydrogen-bond donors (Lipinski definition) is 11. The van der Waals surface area contributed by atoms with Gasteiger partial charge in [0, 0.05) is 30.5 Å². The molecular formula is C24H39N9O17P3S+. The van der Waals surface area contributed by atoms with Crippen LogP contribution in [0, 0.1) is 0 Å². The van der Waals surface area contributed by atoms with Crippen molar-refractivity contribution < 1.29 is 79.9 Å². The quantitative estimate of drug-likeness (QED) is 0.0344. The Bertz CT molecular complexity index is 1950. The standard InChI is InChI=1S/C24H38N9O17P3S/c1-32-10-33(19-16(32)20(36)31-22(25)30-19)21-17(35)18(12(47-21)8-46-52(42,43)50-53(44,45)49-51(39,40)41)48-24(38)27-7-6-26-14(34)5-3-2-4-13-15-11(9-54-13)28-23(37)29-15/h10-13,15,17-18,21,35H,2-9H2,1H3,(H10-,25,26,27,28,29,30,31,34,36,37,38,39,40,41,42,43,44,45)/p+1/t11-,12+,13-,15-,17+,18+,21+/m0/s1. The number of alkyl carbamates (subject to hydrolysis) is 1. The summed E-state index contributed by atoms with van der Waals surface area (Å²) >= 11 is 1.78. The maximum absolute atomic E-state index is 12.8. The minimum Gasteiger partial charge on any atom is -0.440 e. The van der Waals surface area contributed by atoms with Crippen molar-refractivity contribution in [1.82, 2.24) is 35.8 Å². The number of rotatable bonds is 17. The molecule has 30 heteroatoms. The molecule has 0 aromatic carbocycles. The predicted octanol–water partition coefficient (Wildman–Crippen LogP) is -2.33. The summed E-state index contributed by atoms with van der Waals surface area (Å²) in [6.45, 7) is -1.26. The van der Waals surface area contributed by atoms with E-state index in [0.717, 1.165) is 23.2 Å². The first-order valence-electron chi connectivity index (χ1n) is 16.0. The molecule has 0 bridgehead atoms. The highest BCUT2D eigenvalue weighted by Gasteiger charge is 2.51. The van der Waals surface area contributed by atoms with Crippen molar-refractivity contribution in [1.29, 1.82) is 0 Å². The van der Waals surface area contributed by atoms with E-state index in [1.54, 1.807) is 11.8 Å². The third-order valence-electron chi connectivity index (χ3n) is 8.23. The number of aliphatic hydroxyl groups is 1. The van der Waals surface area contributed by atoms with Crippen LogP contribution in [0.1, 0.15) is 31.9 Å². The maximum atomic E-state index is 12.8. The number of carbonyl (C=O) groups excluding carboxylic acids is 3. The Morgan fingerprint density at radius 3 is 2.56 bits per heavy atom. The highest BCUT2D eigenvalue weighted by molar-refractivity contribution is 8.00. The third-order valence-corrected chi connectivity index (χ3v) is 13.5. The number of nitrogens with two attached hydrogens (primary N) is 1. The number of aromatic amines is 1. The number of nitrogens with one attached hydrogen (secondary N) is 5. The molecule has 3 saturated heterocycles. The van der Waals surface area contributed by atoms with Crippen molar-refractivity contribution in [3.63, 3.8) is 0 Å². The number of carbonyl (C=O) groups is 3. The van der Waals surface area contributed by atoms with E-state index >= 15 is 0 Å². The number of aryl methyl sites for hydroxylation is 1. The van der Waals surface area contributed by atoms with Gasteiger partial charge in [0.1, 0.15) is 6.10 Å². The zero-order valence-electron chi connectivity index (χ0n) is 28.1. The van der Waals surface area contributed by atoms with Gasteiger partial charge >= 0.3 is 41.2 Å². The summed E-state index contributed by atoms with van der Waals surface area (Å²) in [4.78, 5) is 92.5. The minimum absolute atomic E-state index is 0.0107. The first-order chi connectivity index (χ1) is 25.2. The number of urea groups is 1. The van der Waals surface area contributed by atoms with Crippen molar-refractivity contribution in [2.24, 2.45) is 7.05 Å².